The predicted octanol–water partition coefficient (Wildman–Crippen LogP) is 0.875. The number of hydrazine groups is 1. The van der Waals surface area contributed by atoms with Crippen LogP contribution >= 0.6 is 0 Å². The molecule has 88 valence electrons. The van der Waals surface area contributed by atoms with Crippen LogP contribution in [0.4, 0.5) is 0 Å². The lowest BCUT2D eigenvalue weighted by Gasteiger charge is -2.40. The van der Waals surface area contributed by atoms with Gasteiger partial charge in [0.05, 0.1) is 0 Å². The average molecular weight is 213 g/mol. The van der Waals surface area contributed by atoms with E-state index >= 15 is 0 Å². The highest BCUT2D eigenvalue weighted by molar-refractivity contribution is 5.75. The van der Waals surface area contributed by atoms with Crippen LogP contribution in [0.15, 0.2) is 0 Å². The molecule has 15 heavy (non-hydrogen) atoms. The molecule has 3 N–H and O–H groups in total. The van der Waals surface area contributed by atoms with Crippen LogP contribution in [0.25, 0.3) is 0 Å². The van der Waals surface area contributed by atoms with Crippen molar-refractivity contribution in [3.63, 3.8) is 0 Å². The number of likely N-dealkylation sites (tertiary alicyclic amines) is 1. The van der Waals surface area contributed by atoms with Gasteiger partial charge in [-0.1, -0.05) is 6.92 Å². The van der Waals surface area contributed by atoms with E-state index in [0.717, 1.165) is 12.5 Å². The Hall–Kier alpha value is -0.610. The fraction of sp³-hybridized carbons (Fsp3) is 0.909. The van der Waals surface area contributed by atoms with Gasteiger partial charge in [0.25, 0.3) is 0 Å². The van der Waals surface area contributed by atoms with Crippen LogP contribution in [0, 0.1) is 5.92 Å². The smallest absolute Gasteiger partial charge is 0.235 e. The third-order valence-electron chi connectivity index (χ3n) is 3.37. The van der Waals surface area contributed by atoms with Crippen LogP contribution in [0.1, 0.15) is 40.0 Å². The van der Waals surface area contributed by atoms with Gasteiger partial charge in [0, 0.05) is 25.0 Å². The Bertz CT molecular complexity index is 220. The number of carbonyl (C=O) groups excluding carboxylic acids is 1. The third kappa shape index (κ3) is 3.47. The minimum atomic E-state index is -0.0760. The van der Waals surface area contributed by atoms with Crippen LogP contribution in [0.2, 0.25) is 0 Å². The van der Waals surface area contributed by atoms with Crippen LogP contribution in [0.3, 0.4) is 0 Å². The summed E-state index contributed by atoms with van der Waals surface area (Å²) in [6.45, 7) is 7.71. The molecule has 1 amide bonds. The Morgan fingerprint density at radius 2 is 2.20 bits per heavy atom. The second-order valence-corrected chi connectivity index (χ2v) is 4.85. The maximum absolute atomic E-state index is 11.2. The zero-order valence-electron chi connectivity index (χ0n) is 9.99. The highest BCUT2D eigenvalue weighted by Gasteiger charge is 2.27. The molecule has 4 nitrogen and oxygen atoms in total. The molecule has 0 bridgehead atoms. The third-order valence-corrected chi connectivity index (χ3v) is 3.37. The SMILES string of the molecule is CC1CCC(C)N(C(C)CC(=O)NN)C1. The Morgan fingerprint density at radius 3 is 2.80 bits per heavy atom. The maximum atomic E-state index is 11.2. The first-order valence-electron chi connectivity index (χ1n) is 5.79. The van der Waals surface area contributed by atoms with E-state index in [1.165, 1.54) is 12.8 Å². The molecule has 1 heterocycles. The van der Waals surface area contributed by atoms with Gasteiger partial charge in [0.2, 0.25) is 5.91 Å². The Balaban J connectivity index is 2.49. The van der Waals surface area contributed by atoms with Crippen molar-refractivity contribution in [3.8, 4) is 0 Å². The molecule has 1 rings (SSSR count). The maximum Gasteiger partial charge on any atom is 0.235 e. The molecule has 0 spiro atoms. The molecule has 0 aromatic rings. The summed E-state index contributed by atoms with van der Waals surface area (Å²) < 4.78 is 0. The van der Waals surface area contributed by atoms with E-state index in [4.69, 9.17) is 5.84 Å². The number of nitrogens with two attached hydrogens (primary N) is 1. The first kappa shape index (κ1) is 12.5. The Morgan fingerprint density at radius 1 is 1.53 bits per heavy atom. The summed E-state index contributed by atoms with van der Waals surface area (Å²) in [7, 11) is 0. The summed E-state index contributed by atoms with van der Waals surface area (Å²) in [6.07, 6.45) is 3.02. The number of nitrogens with zero attached hydrogens (tertiary/aromatic N) is 1. The molecule has 0 radical (unpaired) electrons. The average Bonchev–Trinajstić information content (AvgIpc) is 2.21. The predicted molar refractivity (Wildman–Crippen MR) is 61.0 cm³/mol. The van der Waals surface area contributed by atoms with Crippen LogP contribution < -0.4 is 11.3 Å². The molecule has 3 unspecified atom stereocenters. The van der Waals surface area contributed by atoms with E-state index in [1.54, 1.807) is 0 Å². The van der Waals surface area contributed by atoms with E-state index in [2.05, 4.69) is 31.1 Å². The lowest BCUT2D eigenvalue weighted by molar-refractivity contribution is -0.122. The molecule has 0 aliphatic carbocycles. The summed E-state index contributed by atoms with van der Waals surface area (Å²) >= 11 is 0. The van der Waals surface area contributed by atoms with Gasteiger partial charge in [0.15, 0.2) is 0 Å². The first-order valence-corrected chi connectivity index (χ1v) is 5.79. The summed E-state index contributed by atoms with van der Waals surface area (Å²) in [5.74, 6) is 5.76. The number of nitrogens with one attached hydrogen (secondary N) is 1. The molecule has 0 aromatic heterocycles. The van der Waals surface area contributed by atoms with Crippen molar-refractivity contribution in [1.29, 1.82) is 0 Å². The van der Waals surface area contributed by atoms with Crippen molar-refractivity contribution in [1.82, 2.24) is 10.3 Å². The summed E-state index contributed by atoms with van der Waals surface area (Å²) in [5, 5.41) is 0. The van der Waals surface area contributed by atoms with E-state index in [1.807, 2.05) is 0 Å². The zero-order valence-corrected chi connectivity index (χ0v) is 9.99. The normalized spacial score (nSPS) is 29.9. The lowest BCUT2D eigenvalue weighted by Crippen LogP contribution is -2.48. The van der Waals surface area contributed by atoms with E-state index in [9.17, 15) is 4.79 Å². The molecule has 1 aliphatic heterocycles. The van der Waals surface area contributed by atoms with Gasteiger partial charge in [-0.2, -0.15) is 0 Å². The second-order valence-electron chi connectivity index (χ2n) is 4.85. The quantitative estimate of drug-likeness (QED) is 0.415. The highest BCUT2D eigenvalue weighted by atomic mass is 16.2. The number of carbonyl (C=O) groups is 1. The van der Waals surface area contributed by atoms with E-state index in [0.29, 0.717) is 12.5 Å². The minimum Gasteiger partial charge on any atom is -0.297 e. The number of amides is 1. The van der Waals surface area contributed by atoms with E-state index in [-0.39, 0.29) is 11.9 Å². The molecule has 0 saturated carbocycles. The van der Waals surface area contributed by atoms with Crippen molar-refractivity contribution in [3.05, 3.63) is 0 Å². The Kier molecular flexibility index (Phi) is 4.54. The van der Waals surface area contributed by atoms with Crippen LogP contribution in [0.5, 0.6) is 0 Å². The number of hydrogen-bond acceptors (Lipinski definition) is 3. The molecular weight excluding hydrogens is 190 g/mol. The second kappa shape index (κ2) is 5.47. The van der Waals surface area contributed by atoms with Crippen molar-refractivity contribution in [2.45, 2.75) is 52.1 Å². The summed E-state index contributed by atoms with van der Waals surface area (Å²) in [5.41, 5.74) is 2.20. The largest absolute Gasteiger partial charge is 0.297 e. The molecular formula is C11H23N3O. The fourth-order valence-electron chi connectivity index (χ4n) is 2.38. The van der Waals surface area contributed by atoms with Crippen LogP contribution in [-0.4, -0.2) is 29.4 Å². The van der Waals surface area contributed by atoms with Crippen molar-refractivity contribution in [2.24, 2.45) is 11.8 Å². The van der Waals surface area contributed by atoms with Gasteiger partial charge in [-0.3, -0.25) is 15.1 Å². The van der Waals surface area contributed by atoms with Crippen molar-refractivity contribution >= 4 is 5.91 Å². The van der Waals surface area contributed by atoms with E-state index < -0.39 is 0 Å². The molecule has 0 aromatic carbocycles. The number of piperidine rings is 1. The topological polar surface area (TPSA) is 58.4 Å². The van der Waals surface area contributed by atoms with Gasteiger partial charge in [-0.15, -0.1) is 0 Å². The number of rotatable bonds is 3. The highest BCUT2D eigenvalue weighted by Crippen LogP contribution is 2.24. The van der Waals surface area contributed by atoms with Gasteiger partial charge in [-0.25, -0.2) is 5.84 Å². The van der Waals surface area contributed by atoms with Crippen LogP contribution in [-0.2, 0) is 4.79 Å². The molecule has 4 heteroatoms. The van der Waals surface area contributed by atoms with Crippen molar-refractivity contribution in [2.75, 3.05) is 6.54 Å². The zero-order chi connectivity index (χ0) is 11.4. The lowest BCUT2D eigenvalue weighted by atomic mass is 9.93. The molecule has 3 atom stereocenters. The van der Waals surface area contributed by atoms with Gasteiger partial charge < -0.3 is 0 Å². The minimum absolute atomic E-state index is 0.0760. The monoisotopic (exact) mass is 213 g/mol. The number of hydrogen-bond donors (Lipinski definition) is 2. The standard InChI is InChI=1S/C11H23N3O/c1-8-4-5-9(2)14(7-8)10(3)6-11(15)13-12/h8-10H,4-7,12H2,1-3H3,(H,13,15). The van der Waals surface area contributed by atoms with Gasteiger partial charge in [-0.05, 0) is 32.6 Å². The Labute approximate surface area is 92.2 Å². The molecule has 1 aliphatic rings. The molecule has 1 saturated heterocycles. The first-order chi connectivity index (χ1) is 7.04. The summed E-state index contributed by atoms with van der Waals surface area (Å²) in [6, 6.07) is 0.869. The molecule has 1 fully saturated rings. The van der Waals surface area contributed by atoms with Gasteiger partial charge in [0.1, 0.15) is 0 Å². The van der Waals surface area contributed by atoms with Gasteiger partial charge >= 0.3 is 0 Å². The fourth-order valence-corrected chi connectivity index (χ4v) is 2.38. The summed E-state index contributed by atoms with van der Waals surface area (Å²) in [4.78, 5) is 13.6. The van der Waals surface area contributed by atoms with Crippen molar-refractivity contribution < 1.29 is 4.79 Å².